The molecule has 0 radical (unpaired) electrons. The first-order valence-electron chi connectivity index (χ1n) is 9.35. The topological polar surface area (TPSA) is 82.9 Å². The molecule has 5 rings (SSSR count). The molecule has 8 heteroatoms. The number of nitrogens with zero attached hydrogens (tertiary/aromatic N) is 4. The zero-order valence-corrected chi connectivity index (χ0v) is 15.4. The van der Waals surface area contributed by atoms with Gasteiger partial charge in [0.2, 0.25) is 5.95 Å². The van der Waals surface area contributed by atoms with E-state index < -0.39 is 0 Å². The Balaban J connectivity index is 1.42. The summed E-state index contributed by atoms with van der Waals surface area (Å²) in [5.41, 5.74) is 2.98. The Morgan fingerprint density at radius 3 is 2.82 bits per heavy atom. The standard InChI is InChI=1S/C20H20FN7/c1-12(13-6-8-15(21)9-7-13)22-19-17-3-2-10-28(17)27-20(24-19)23-18-11-16(25-26-18)14-4-5-14/h2-3,6-12,14H,4-5H2,1H3,(H3,22,23,24,25,26,27)/t12-/m0/s1. The number of benzene rings is 1. The Kier molecular flexibility index (Phi) is 3.96. The highest BCUT2D eigenvalue weighted by molar-refractivity contribution is 5.70. The van der Waals surface area contributed by atoms with Crippen molar-refractivity contribution in [3.63, 3.8) is 0 Å². The number of halogens is 1. The number of H-pyrrole nitrogens is 1. The average Bonchev–Trinajstić information content (AvgIpc) is 3.24. The third-order valence-corrected chi connectivity index (χ3v) is 4.97. The Hall–Kier alpha value is -3.42. The van der Waals surface area contributed by atoms with Gasteiger partial charge in [-0.3, -0.25) is 5.10 Å². The van der Waals surface area contributed by atoms with Gasteiger partial charge in [-0.25, -0.2) is 8.91 Å². The molecule has 0 saturated heterocycles. The molecule has 3 heterocycles. The zero-order chi connectivity index (χ0) is 19.1. The number of nitrogens with one attached hydrogen (secondary N) is 3. The van der Waals surface area contributed by atoms with E-state index in [1.165, 1.54) is 25.0 Å². The third kappa shape index (κ3) is 3.28. The largest absolute Gasteiger partial charge is 0.362 e. The highest BCUT2D eigenvalue weighted by Crippen LogP contribution is 2.39. The molecular formula is C20H20FN7. The Morgan fingerprint density at radius 2 is 2.04 bits per heavy atom. The fourth-order valence-corrected chi connectivity index (χ4v) is 3.25. The summed E-state index contributed by atoms with van der Waals surface area (Å²) < 4.78 is 15.0. The minimum absolute atomic E-state index is 0.0473. The number of aromatic nitrogens is 5. The van der Waals surface area contributed by atoms with Crippen LogP contribution in [0.1, 0.15) is 43.0 Å². The van der Waals surface area contributed by atoms with Crippen LogP contribution >= 0.6 is 0 Å². The molecular weight excluding hydrogens is 357 g/mol. The molecule has 0 bridgehead atoms. The molecule has 1 aliphatic carbocycles. The van der Waals surface area contributed by atoms with Crippen LogP contribution in [0.4, 0.5) is 22.0 Å². The lowest BCUT2D eigenvalue weighted by molar-refractivity contribution is 0.626. The van der Waals surface area contributed by atoms with Gasteiger partial charge < -0.3 is 10.6 Å². The second kappa shape index (κ2) is 6.63. The molecule has 3 N–H and O–H groups in total. The van der Waals surface area contributed by atoms with Crippen molar-refractivity contribution in [3.8, 4) is 0 Å². The summed E-state index contributed by atoms with van der Waals surface area (Å²) in [5.74, 6) is 2.20. The summed E-state index contributed by atoms with van der Waals surface area (Å²) in [6.45, 7) is 2.01. The summed E-state index contributed by atoms with van der Waals surface area (Å²) in [5, 5.41) is 18.5. The van der Waals surface area contributed by atoms with Crippen molar-refractivity contribution in [1.82, 2.24) is 24.8 Å². The Morgan fingerprint density at radius 1 is 1.21 bits per heavy atom. The average molecular weight is 377 g/mol. The molecule has 1 saturated carbocycles. The van der Waals surface area contributed by atoms with E-state index in [0.29, 0.717) is 23.5 Å². The van der Waals surface area contributed by atoms with Crippen molar-refractivity contribution in [2.45, 2.75) is 31.7 Å². The van der Waals surface area contributed by atoms with Gasteiger partial charge in [-0.2, -0.15) is 10.1 Å². The first-order chi connectivity index (χ1) is 13.7. The molecule has 0 amide bonds. The van der Waals surface area contributed by atoms with E-state index in [0.717, 1.165) is 16.8 Å². The van der Waals surface area contributed by atoms with E-state index in [1.54, 1.807) is 16.6 Å². The summed E-state index contributed by atoms with van der Waals surface area (Å²) in [6, 6.07) is 12.3. The predicted octanol–water partition coefficient (Wildman–Crippen LogP) is 4.39. The minimum atomic E-state index is -0.247. The van der Waals surface area contributed by atoms with Crippen molar-refractivity contribution in [2.75, 3.05) is 10.6 Å². The maximum atomic E-state index is 13.2. The number of rotatable bonds is 6. The molecule has 1 aliphatic rings. The third-order valence-electron chi connectivity index (χ3n) is 4.97. The van der Waals surface area contributed by atoms with Crippen molar-refractivity contribution < 1.29 is 4.39 Å². The molecule has 28 heavy (non-hydrogen) atoms. The molecule has 1 aromatic carbocycles. The van der Waals surface area contributed by atoms with E-state index in [-0.39, 0.29) is 11.9 Å². The molecule has 0 aliphatic heterocycles. The summed E-state index contributed by atoms with van der Waals surface area (Å²) >= 11 is 0. The molecule has 7 nitrogen and oxygen atoms in total. The highest BCUT2D eigenvalue weighted by Gasteiger charge is 2.25. The van der Waals surface area contributed by atoms with Crippen LogP contribution in [0, 0.1) is 5.82 Å². The monoisotopic (exact) mass is 377 g/mol. The second-order valence-corrected chi connectivity index (χ2v) is 7.15. The first kappa shape index (κ1) is 16.7. The van der Waals surface area contributed by atoms with Gasteiger partial charge >= 0.3 is 0 Å². The maximum Gasteiger partial charge on any atom is 0.248 e. The van der Waals surface area contributed by atoms with Gasteiger partial charge in [0.1, 0.15) is 11.3 Å². The highest BCUT2D eigenvalue weighted by atomic mass is 19.1. The molecule has 0 spiro atoms. The van der Waals surface area contributed by atoms with Crippen molar-refractivity contribution in [2.24, 2.45) is 0 Å². The van der Waals surface area contributed by atoms with Crippen molar-refractivity contribution >= 4 is 23.1 Å². The smallest absolute Gasteiger partial charge is 0.248 e. The van der Waals surface area contributed by atoms with E-state index in [2.05, 4.69) is 30.9 Å². The van der Waals surface area contributed by atoms with Crippen LogP contribution in [-0.4, -0.2) is 24.8 Å². The van der Waals surface area contributed by atoms with Crippen LogP contribution in [0.2, 0.25) is 0 Å². The molecule has 1 atom stereocenters. The van der Waals surface area contributed by atoms with Gasteiger partial charge in [-0.15, -0.1) is 5.10 Å². The van der Waals surface area contributed by atoms with Crippen LogP contribution in [0.15, 0.2) is 48.7 Å². The second-order valence-electron chi connectivity index (χ2n) is 7.15. The number of anilines is 3. The van der Waals surface area contributed by atoms with Gasteiger partial charge in [0.15, 0.2) is 11.6 Å². The van der Waals surface area contributed by atoms with Crippen molar-refractivity contribution in [3.05, 3.63) is 65.7 Å². The van der Waals surface area contributed by atoms with E-state index in [1.807, 2.05) is 31.3 Å². The van der Waals surface area contributed by atoms with Gasteiger partial charge in [-0.1, -0.05) is 12.1 Å². The van der Waals surface area contributed by atoms with Crippen molar-refractivity contribution in [1.29, 1.82) is 0 Å². The molecule has 142 valence electrons. The van der Waals surface area contributed by atoms with E-state index in [4.69, 9.17) is 0 Å². The van der Waals surface area contributed by atoms with Gasteiger partial charge in [0.05, 0.1) is 6.04 Å². The van der Waals surface area contributed by atoms with Crippen LogP contribution in [-0.2, 0) is 0 Å². The van der Waals surface area contributed by atoms with Gasteiger partial charge in [-0.05, 0) is 49.6 Å². The van der Waals surface area contributed by atoms with Gasteiger partial charge in [0.25, 0.3) is 0 Å². The lowest BCUT2D eigenvalue weighted by atomic mass is 10.1. The first-order valence-corrected chi connectivity index (χ1v) is 9.35. The van der Waals surface area contributed by atoms with E-state index >= 15 is 0 Å². The maximum absolute atomic E-state index is 13.2. The molecule has 0 unspecified atom stereocenters. The van der Waals surface area contributed by atoms with Crippen LogP contribution < -0.4 is 10.6 Å². The van der Waals surface area contributed by atoms with E-state index in [9.17, 15) is 4.39 Å². The zero-order valence-electron chi connectivity index (χ0n) is 15.4. The Bertz CT molecular complexity index is 1110. The molecule has 3 aromatic heterocycles. The van der Waals surface area contributed by atoms with Gasteiger partial charge in [0, 0.05) is 23.9 Å². The number of hydrogen-bond acceptors (Lipinski definition) is 5. The van der Waals surface area contributed by atoms with Crippen LogP contribution in [0.3, 0.4) is 0 Å². The molecule has 1 fully saturated rings. The van der Waals surface area contributed by atoms with Crippen LogP contribution in [0.5, 0.6) is 0 Å². The summed E-state index contributed by atoms with van der Waals surface area (Å²) in [7, 11) is 0. The fraction of sp³-hybridized carbons (Fsp3) is 0.250. The lowest BCUT2D eigenvalue weighted by Gasteiger charge is -2.16. The minimum Gasteiger partial charge on any atom is -0.362 e. The quantitative estimate of drug-likeness (QED) is 0.464. The Labute approximate surface area is 161 Å². The number of fused-ring (bicyclic) bond motifs is 1. The van der Waals surface area contributed by atoms with Crippen LogP contribution in [0.25, 0.3) is 5.52 Å². The fourth-order valence-electron chi connectivity index (χ4n) is 3.25. The number of aromatic amines is 1. The molecule has 4 aromatic rings. The number of hydrogen-bond donors (Lipinski definition) is 3. The lowest BCUT2D eigenvalue weighted by Crippen LogP contribution is -2.11. The summed E-state index contributed by atoms with van der Waals surface area (Å²) in [6.07, 6.45) is 4.29. The normalized spacial score (nSPS) is 14.9. The SMILES string of the molecule is C[C@H](Nc1nc(Nc2cc(C3CC3)[nH]n2)nn2cccc12)c1ccc(F)cc1. The summed E-state index contributed by atoms with van der Waals surface area (Å²) in [4.78, 5) is 4.64. The predicted molar refractivity (Wildman–Crippen MR) is 105 cm³/mol.